The summed E-state index contributed by atoms with van der Waals surface area (Å²) in [6.07, 6.45) is 0. The fraction of sp³-hybridized carbons (Fsp3) is 0.700. The molecule has 17 heavy (non-hydrogen) atoms. The topological polar surface area (TPSA) is 92.1 Å². The van der Waals surface area contributed by atoms with E-state index in [1.165, 1.54) is 0 Å². The van der Waals surface area contributed by atoms with Crippen molar-refractivity contribution in [2.75, 3.05) is 26.0 Å². The molecular weight excluding hydrogens is 222 g/mol. The summed E-state index contributed by atoms with van der Waals surface area (Å²) in [6.45, 7) is 4.62. The first kappa shape index (κ1) is 13.4. The fourth-order valence-electron chi connectivity index (χ4n) is 1.26. The second-order valence-electron chi connectivity index (χ2n) is 4.35. The standard InChI is InChI=1S/C10H19N5O2/c1-10(2,8(16)12-4)6-13-9-15-14-7(17-9)5-11-3/h11H,5-6H2,1-4H3,(H,12,16)(H,13,15). The van der Waals surface area contributed by atoms with Crippen LogP contribution in [-0.2, 0) is 11.3 Å². The average Bonchev–Trinajstić information content (AvgIpc) is 2.74. The van der Waals surface area contributed by atoms with E-state index >= 15 is 0 Å². The van der Waals surface area contributed by atoms with Crippen LogP contribution in [0.15, 0.2) is 4.42 Å². The molecule has 0 aliphatic rings. The quantitative estimate of drug-likeness (QED) is 0.648. The Hall–Kier alpha value is -1.63. The van der Waals surface area contributed by atoms with Gasteiger partial charge in [-0.25, -0.2) is 0 Å². The lowest BCUT2D eigenvalue weighted by atomic mass is 9.92. The van der Waals surface area contributed by atoms with E-state index < -0.39 is 5.41 Å². The van der Waals surface area contributed by atoms with Crippen molar-refractivity contribution in [1.29, 1.82) is 0 Å². The van der Waals surface area contributed by atoms with Gasteiger partial charge in [-0.05, 0) is 20.9 Å². The number of hydrogen-bond donors (Lipinski definition) is 3. The molecule has 0 radical (unpaired) electrons. The number of amides is 1. The zero-order valence-electron chi connectivity index (χ0n) is 10.6. The van der Waals surface area contributed by atoms with E-state index in [0.29, 0.717) is 25.0 Å². The third-order valence-electron chi connectivity index (χ3n) is 2.32. The first-order chi connectivity index (χ1) is 7.99. The summed E-state index contributed by atoms with van der Waals surface area (Å²) < 4.78 is 5.31. The van der Waals surface area contributed by atoms with Gasteiger partial charge in [0, 0.05) is 13.6 Å². The number of anilines is 1. The van der Waals surface area contributed by atoms with Gasteiger partial charge in [0.1, 0.15) is 0 Å². The molecule has 1 amide bonds. The monoisotopic (exact) mass is 241 g/mol. The van der Waals surface area contributed by atoms with Crippen molar-refractivity contribution in [2.24, 2.45) is 5.41 Å². The molecule has 0 fully saturated rings. The molecule has 0 unspecified atom stereocenters. The highest BCUT2D eigenvalue weighted by Crippen LogP contribution is 2.16. The number of rotatable bonds is 6. The molecule has 0 aromatic carbocycles. The van der Waals surface area contributed by atoms with Gasteiger partial charge < -0.3 is 20.4 Å². The van der Waals surface area contributed by atoms with Gasteiger partial charge >= 0.3 is 6.01 Å². The summed E-state index contributed by atoms with van der Waals surface area (Å²) in [5.41, 5.74) is -0.535. The zero-order valence-corrected chi connectivity index (χ0v) is 10.6. The first-order valence-electron chi connectivity index (χ1n) is 5.42. The van der Waals surface area contributed by atoms with Crippen molar-refractivity contribution >= 4 is 11.9 Å². The van der Waals surface area contributed by atoms with E-state index in [4.69, 9.17) is 4.42 Å². The summed E-state index contributed by atoms with van der Waals surface area (Å²) in [5, 5.41) is 16.1. The lowest BCUT2D eigenvalue weighted by Gasteiger charge is -2.21. The molecule has 3 N–H and O–H groups in total. The maximum atomic E-state index is 11.5. The average molecular weight is 241 g/mol. The Morgan fingerprint density at radius 2 is 2.06 bits per heavy atom. The lowest BCUT2D eigenvalue weighted by molar-refractivity contribution is -0.128. The molecule has 0 atom stereocenters. The van der Waals surface area contributed by atoms with Crippen LogP contribution in [0.5, 0.6) is 0 Å². The maximum absolute atomic E-state index is 11.5. The minimum atomic E-state index is -0.535. The van der Waals surface area contributed by atoms with Crippen LogP contribution in [0.1, 0.15) is 19.7 Å². The van der Waals surface area contributed by atoms with Gasteiger partial charge in [0.25, 0.3) is 0 Å². The highest BCUT2D eigenvalue weighted by Gasteiger charge is 2.26. The smallest absolute Gasteiger partial charge is 0.315 e. The molecule has 0 aliphatic carbocycles. The summed E-state index contributed by atoms with van der Waals surface area (Å²) in [4.78, 5) is 11.5. The molecule has 0 saturated carbocycles. The molecule has 0 bridgehead atoms. The minimum Gasteiger partial charge on any atom is -0.407 e. The molecule has 7 heteroatoms. The fourth-order valence-corrected chi connectivity index (χ4v) is 1.26. The van der Waals surface area contributed by atoms with E-state index in [0.717, 1.165) is 0 Å². The van der Waals surface area contributed by atoms with Crippen LogP contribution in [0.2, 0.25) is 0 Å². The van der Waals surface area contributed by atoms with Gasteiger partial charge in [-0.15, -0.1) is 5.10 Å². The number of aromatic nitrogens is 2. The van der Waals surface area contributed by atoms with Gasteiger partial charge in [0.15, 0.2) is 0 Å². The minimum absolute atomic E-state index is 0.0417. The number of hydrogen-bond acceptors (Lipinski definition) is 6. The Morgan fingerprint density at radius 3 is 2.65 bits per heavy atom. The van der Waals surface area contributed by atoms with Crippen LogP contribution in [0, 0.1) is 5.41 Å². The number of carbonyl (C=O) groups is 1. The Labute approximate surface area is 100 Å². The van der Waals surface area contributed by atoms with Crippen LogP contribution >= 0.6 is 0 Å². The van der Waals surface area contributed by atoms with Crippen LogP contribution in [-0.4, -0.2) is 36.7 Å². The highest BCUT2D eigenvalue weighted by molar-refractivity contribution is 5.82. The predicted octanol–water partition coefficient (Wildman–Crippen LogP) is -0.0269. The summed E-state index contributed by atoms with van der Waals surface area (Å²) in [6, 6.07) is 0.326. The van der Waals surface area contributed by atoms with Crippen molar-refractivity contribution in [3.8, 4) is 0 Å². The summed E-state index contributed by atoms with van der Waals surface area (Å²) >= 11 is 0. The zero-order chi connectivity index (χ0) is 12.9. The molecule has 1 aromatic rings. The van der Waals surface area contributed by atoms with Crippen LogP contribution in [0.4, 0.5) is 6.01 Å². The molecule has 96 valence electrons. The third-order valence-corrected chi connectivity index (χ3v) is 2.32. The summed E-state index contributed by atoms with van der Waals surface area (Å²) in [5.74, 6) is 0.465. The highest BCUT2D eigenvalue weighted by atomic mass is 16.4. The van der Waals surface area contributed by atoms with Crippen LogP contribution < -0.4 is 16.0 Å². The molecule has 1 aromatic heterocycles. The van der Waals surface area contributed by atoms with E-state index in [9.17, 15) is 4.79 Å². The number of nitrogens with zero attached hydrogens (tertiary/aromatic N) is 2. The Morgan fingerprint density at radius 1 is 1.35 bits per heavy atom. The van der Waals surface area contributed by atoms with Crippen molar-refractivity contribution in [1.82, 2.24) is 20.8 Å². The molecular formula is C10H19N5O2. The summed E-state index contributed by atoms with van der Waals surface area (Å²) in [7, 11) is 3.41. The van der Waals surface area contributed by atoms with Crippen molar-refractivity contribution in [3.05, 3.63) is 5.89 Å². The van der Waals surface area contributed by atoms with Crippen molar-refractivity contribution in [3.63, 3.8) is 0 Å². The number of carbonyl (C=O) groups excluding carboxylic acids is 1. The van der Waals surface area contributed by atoms with Gasteiger partial charge in [-0.2, -0.15) is 0 Å². The van der Waals surface area contributed by atoms with E-state index in [1.807, 2.05) is 13.8 Å². The van der Waals surface area contributed by atoms with Crippen LogP contribution in [0.25, 0.3) is 0 Å². The normalized spacial score (nSPS) is 11.3. The van der Waals surface area contributed by atoms with Crippen molar-refractivity contribution < 1.29 is 9.21 Å². The van der Waals surface area contributed by atoms with Gasteiger partial charge in [0.05, 0.1) is 12.0 Å². The molecule has 0 saturated heterocycles. The van der Waals surface area contributed by atoms with Gasteiger partial charge in [0.2, 0.25) is 11.8 Å². The van der Waals surface area contributed by atoms with Gasteiger partial charge in [-0.3, -0.25) is 4.79 Å². The number of nitrogens with one attached hydrogen (secondary N) is 3. The second-order valence-corrected chi connectivity index (χ2v) is 4.35. The molecule has 0 aliphatic heterocycles. The maximum Gasteiger partial charge on any atom is 0.315 e. The second kappa shape index (κ2) is 5.62. The van der Waals surface area contributed by atoms with E-state index in [1.54, 1.807) is 14.1 Å². The largest absolute Gasteiger partial charge is 0.407 e. The molecule has 1 heterocycles. The Balaban J connectivity index is 2.51. The van der Waals surface area contributed by atoms with E-state index in [-0.39, 0.29) is 5.91 Å². The molecule has 7 nitrogen and oxygen atoms in total. The van der Waals surface area contributed by atoms with Crippen LogP contribution in [0.3, 0.4) is 0 Å². The molecule has 0 spiro atoms. The van der Waals surface area contributed by atoms with E-state index in [2.05, 4.69) is 26.1 Å². The molecule has 1 rings (SSSR count). The Bertz CT molecular complexity index is 375. The lowest BCUT2D eigenvalue weighted by Crippen LogP contribution is -2.39. The SMILES string of the molecule is CNCc1nnc(NCC(C)(C)C(=O)NC)o1. The van der Waals surface area contributed by atoms with Gasteiger partial charge in [-0.1, -0.05) is 5.10 Å². The Kier molecular flexibility index (Phi) is 4.45. The predicted molar refractivity (Wildman–Crippen MR) is 63.4 cm³/mol. The van der Waals surface area contributed by atoms with Crippen molar-refractivity contribution in [2.45, 2.75) is 20.4 Å². The first-order valence-corrected chi connectivity index (χ1v) is 5.42. The third kappa shape index (κ3) is 3.70.